The SMILES string of the molecule is CC(Cc1ccc2c(c1)OCO2)c1nccn1-c1ccc(-n2cnnn2)cc1. The molecule has 0 radical (unpaired) electrons. The van der Waals surface area contributed by atoms with E-state index in [9.17, 15) is 0 Å². The maximum absolute atomic E-state index is 5.49. The Morgan fingerprint density at radius 3 is 2.68 bits per heavy atom. The Balaban J connectivity index is 1.38. The highest BCUT2D eigenvalue weighted by Gasteiger charge is 2.17. The van der Waals surface area contributed by atoms with Gasteiger partial charge in [-0.2, -0.15) is 0 Å². The summed E-state index contributed by atoms with van der Waals surface area (Å²) < 4.78 is 14.6. The van der Waals surface area contributed by atoms with Crippen molar-refractivity contribution in [3.8, 4) is 22.9 Å². The lowest BCUT2D eigenvalue weighted by Gasteiger charge is -2.15. The molecule has 5 rings (SSSR count). The van der Waals surface area contributed by atoms with Crippen molar-refractivity contribution in [2.75, 3.05) is 6.79 Å². The second kappa shape index (κ2) is 6.80. The zero-order chi connectivity index (χ0) is 18.9. The van der Waals surface area contributed by atoms with Crippen LogP contribution in [0.2, 0.25) is 0 Å². The minimum atomic E-state index is 0.231. The average Bonchev–Trinajstić information content (AvgIpc) is 3.48. The zero-order valence-corrected chi connectivity index (χ0v) is 15.3. The molecule has 0 amide bonds. The second-order valence-corrected chi connectivity index (χ2v) is 6.72. The third-order valence-corrected chi connectivity index (χ3v) is 4.83. The van der Waals surface area contributed by atoms with Gasteiger partial charge in [-0.25, -0.2) is 9.67 Å². The third kappa shape index (κ3) is 2.98. The normalized spacial score (nSPS) is 13.6. The van der Waals surface area contributed by atoms with Crippen molar-refractivity contribution in [2.45, 2.75) is 19.3 Å². The first kappa shape index (κ1) is 16.5. The number of tetrazole rings is 1. The van der Waals surface area contributed by atoms with Crippen molar-refractivity contribution in [2.24, 2.45) is 0 Å². The van der Waals surface area contributed by atoms with Gasteiger partial charge in [-0.1, -0.05) is 13.0 Å². The highest BCUT2D eigenvalue weighted by molar-refractivity contribution is 5.45. The van der Waals surface area contributed by atoms with Crippen LogP contribution in [-0.4, -0.2) is 36.6 Å². The van der Waals surface area contributed by atoms with E-state index < -0.39 is 0 Å². The highest BCUT2D eigenvalue weighted by Crippen LogP contribution is 2.34. The van der Waals surface area contributed by atoms with Crippen LogP contribution < -0.4 is 9.47 Å². The molecule has 0 fully saturated rings. The molecule has 3 heterocycles. The lowest BCUT2D eigenvalue weighted by molar-refractivity contribution is 0.174. The molecule has 0 N–H and O–H groups in total. The van der Waals surface area contributed by atoms with Crippen molar-refractivity contribution in [3.05, 3.63) is 72.6 Å². The maximum Gasteiger partial charge on any atom is 0.231 e. The van der Waals surface area contributed by atoms with Crippen LogP contribution in [-0.2, 0) is 6.42 Å². The van der Waals surface area contributed by atoms with Gasteiger partial charge in [0, 0.05) is 24.0 Å². The monoisotopic (exact) mass is 374 g/mol. The van der Waals surface area contributed by atoms with Crippen LogP contribution in [0.5, 0.6) is 11.5 Å². The molecule has 28 heavy (non-hydrogen) atoms. The minimum absolute atomic E-state index is 0.231. The second-order valence-electron chi connectivity index (χ2n) is 6.72. The molecule has 0 spiro atoms. The molecule has 8 heteroatoms. The number of imidazole rings is 1. The lowest BCUT2D eigenvalue weighted by Crippen LogP contribution is -2.07. The average molecular weight is 374 g/mol. The Kier molecular flexibility index (Phi) is 4.01. The molecule has 1 aliphatic heterocycles. The summed E-state index contributed by atoms with van der Waals surface area (Å²) in [4.78, 5) is 4.60. The summed E-state index contributed by atoms with van der Waals surface area (Å²) in [5.74, 6) is 2.86. The van der Waals surface area contributed by atoms with Crippen molar-refractivity contribution in [1.29, 1.82) is 0 Å². The van der Waals surface area contributed by atoms with Gasteiger partial charge in [0.15, 0.2) is 11.5 Å². The molecule has 2 aromatic heterocycles. The first-order valence-corrected chi connectivity index (χ1v) is 9.03. The minimum Gasteiger partial charge on any atom is -0.454 e. The summed E-state index contributed by atoms with van der Waals surface area (Å²) in [6.07, 6.45) is 6.25. The molecule has 8 nitrogen and oxygen atoms in total. The molecule has 0 saturated carbocycles. The van der Waals surface area contributed by atoms with E-state index in [-0.39, 0.29) is 5.92 Å². The number of fused-ring (bicyclic) bond motifs is 1. The van der Waals surface area contributed by atoms with E-state index in [1.165, 1.54) is 5.56 Å². The summed E-state index contributed by atoms with van der Waals surface area (Å²) in [5, 5.41) is 11.3. The summed E-state index contributed by atoms with van der Waals surface area (Å²) >= 11 is 0. The van der Waals surface area contributed by atoms with Crippen LogP contribution in [0.4, 0.5) is 0 Å². The molecule has 4 aromatic rings. The van der Waals surface area contributed by atoms with E-state index >= 15 is 0 Å². The maximum atomic E-state index is 5.49. The predicted octanol–water partition coefficient (Wildman–Crippen LogP) is 2.92. The van der Waals surface area contributed by atoms with Crippen molar-refractivity contribution in [1.82, 2.24) is 29.8 Å². The van der Waals surface area contributed by atoms with Gasteiger partial charge in [0.2, 0.25) is 6.79 Å². The molecule has 0 bridgehead atoms. The van der Waals surface area contributed by atoms with Gasteiger partial charge in [-0.15, -0.1) is 5.10 Å². The highest BCUT2D eigenvalue weighted by atomic mass is 16.7. The molecule has 2 aromatic carbocycles. The van der Waals surface area contributed by atoms with Gasteiger partial charge < -0.3 is 14.0 Å². The predicted molar refractivity (Wildman–Crippen MR) is 101 cm³/mol. The van der Waals surface area contributed by atoms with Crippen LogP contribution >= 0.6 is 0 Å². The summed E-state index contributed by atoms with van der Waals surface area (Å²) in [6, 6.07) is 14.1. The summed E-state index contributed by atoms with van der Waals surface area (Å²) in [5.41, 5.74) is 3.14. The fourth-order valence-corrected chi connectivity index (χ4v) is 3.46. The van der Waals surface area contributed by atoms with E-state index in [0.717, 1.165) is 35.1 Å². The molecule has 140 valence electrons. The molecule has 0 aliphatic carbocycles. The molecule has 1 aliphatic rings. The number of ether oxygens (including phenoxy) is 2. The first-order valence-electron chi connectivity index (χ1n) is 9.03. The number of hydrogen-bond acceptors (Lipinski definition) is 6. The molecular weight excluding hydrogens is 356 g/mol. The number of hydrogen-bond donors (Lipinski definition) is 0. The van der Waals surface area contributed by atoms with Gasteiger partial charge in [-0.3, -0.25) is 0 Å². The molecule has 0 saturated heterocycles. The lowest BCUT2D eigenvalue weighted by atomic mass is 10.00. The summed E-state index contributed by atoms with van der Waals surface area (Å²) in [7, 11) is 0. The Hall–Kier alpha value is -3.68. The van der Waals surface area contributed by atoms with E-state index in [4.69, 9.17) is 9.47 Å². The van der Waals surface area contributed by atoms with Gasteiger partial charge in [0.05, 0.1) is 5.69 Å². The van der Waals surface area contributed by atoms with Crippen molar-refractivity contribution < 1.29 is 9.47 Å². The van der Waals surface area contributed by atoms with Gasteiger partial charge >= 0.3 is 0 Å². The largest absolute Gasteiger partial charge is 0.454 e. The number of benzene rings is 2. The third-order valence-electron chi connectivity index (χ3n) is 4.83. The van der Waals surface area contributed by atoms with E-state index in [1.54, 1.807) is 11.0 Å². The molecule has 1 unspecified atom stereocenters. The Labute approximate surface area is 161 Å². The number of rotatable bonds is 5. The van der Waals surface area contributed by atoms with Crippen LogP contribution in [0.1, 0.15) is 24.2 Å². The topological polar surface area (TPSA) is 79.9 Å². The van der Waals surface area contributed by atoms with Gasteiger partial charge in [-0.05, 0) is 58.8 Å². The summed E-state index contributed by atoms with van der Waals surface area (Å²) in [6.45, 7) is 2.47. The van der Waals surface area contributed by atoms with Crippen molar-refractivity contribution >= 4 is 0 Å². The Bertz CT molecular complexity index is 1090. The van der Waals surface area contributed by atoms with E-state index in [1.807, 2.05) is 48.8 Å². The van der Waals surface area contributed by atoms with Crippen LogP contribution in [0.15, 0.2) is 61.2 Å². The molecular formula is C20H18N6O2. The quantitative estimate of drug-likeness (QED) is 0.534. The van der Waals surface area contributed by atoms with Crippen LogP contribution in [0, 0.1) is 0 Å². The number of nitrogens with zero attached hydrogens (tertiary/aromatic N) is 6. The van der Waals surface area contributed by atoms with E-state index in [2.05, 4.69) is 38.1 Å². The van der Waals surface area contributed by atoms with Crippen LogP contribution in [0.3, 0.4) is 0 Å². The van der Waals surface area contributed by atoms with Crippen molar-refractivity contribution in [3.63, 3.8) is 0 Å². The first-order chi connectivity index (χ1) is 13.8. The van der Waals surface area contributed by atoms with Crippen LogP contribution in [0.25, 0.3) is 11.4 Å². The molecule has 1 atom stereocenters. The standard InChI is InChI=1S/C20H18N6O2/c1-14(10-15-2-7-18-19(11-15)28-13-27-18)20-21-8-9-25(20)16-3-5-17(6-4-16)26-12-22-23-24-26/h2-9,11-12,14H,10,13H2,1H3. The zero-order valence-electron chi connectivity index (χ0n) is 15.3. The number of aromatic nitrogens is 6. The smallest absolute Gasteiger partial charge is 0.231 e. The Morgan fingerprint density at radius 1 is 1.04 bits per heavy atom. The fraction of sp³-hybridized carbons (Fsp3) is 0.200. The van der Waals surface area contributed by atoms with Gasteiger partial charge in [0.1, 0.15) is 12.2 Å². The van der Waals surface area contributed by atoms with Gasteiger partial charge in [0.25, 0.3) is 0 Å². The Morgan fingerprint density at radius 2 is 1.86 bits per heavy atom. The fourth-order valence-electron chi connectivity index (χ4n) is 3.46. The van der Waals surface area contributed by atoms with E-state index in [0.29, 0.717) is 6.79 Å².